The monoisotopic (exact) mass is 336 g/mol. The van der Waals surface area contributed by atoms with Gasteiger partial charge in [0.05, 0.1) is 11.1 Å². The lowest BCUT2D eigenvalue weighted by molar-refractivity contribution is 0.0697. The van der Waals surface area contributed by atoms with E-state index < -0.39 is 5.97 Å². The van der Waals surface area contributed by atoms with Gasteiger partial charge in [-0.1, -0.05) is 42.5 Å². The van der Waals surface area contributed by atoms with Crippen LogP contribution in [0.5, 0.6) is 11.6 Å². The fraction of sp³-hybridized carbons (Fsp3) is 0.0556. The molecule has 0 radical (unpaired) electrons. The standard InChI is InChI=1S/C18H12N2O3S/c21-18(22)11-7-5-10(6-8-11)15-19-16-13(17(24)20-15)9-12-3-1-2-4-14(12)23-16/h1-8H,9H2,(H,21,22)(H,19,20,24). The molecular weight excluding hydrogens is 324 g/mol. The van der Waals surface area contributed by atoms with Gasteiger partial charge < -0.3 is 14.8 Å². The maximum Gasteiger partial charge on any atom is 0.335 e. The number of hydrogen-bond acceptors (Lipinski definition) is 4. The smallest absolute Gasteiger partial charge is 0.335 e. The van der Waals surface area contributed by atoms with E-state index in [9.17, 15) is 4.79 Å². The van der Waals surface area contributed by atoms with Crippen LogP contribution in [0.3, 0.4) is 0 Å². The number of aromatic carboxylic acids is 1. The summed E-state index contributed by atoms with van der Waals surface area (Å²) in [5.41, 5.74) is 2.90. The number of para-hydroxylation sites is 1. The van der Waals surface area contributed by atoms with Gasteiger partial charge >= 0.3 is 5.97 Å². The van der Waals surface area contributed by atoms with E-state index in [1.165, 1.54) is 12.1 Å². The molecule has 0 bridgehead atoms. The lowest BCUT2D eigenvalue weighted by Crippen LogP contribution is -2.07. The third-order valence-electron chi connectivity index (χ3n) is 3.93. The number of carbonyl (C=O) groups is 1. The highest BCUT2D eigenvalue weighted by atomic mass is 32.1. The van der Waals surface area contributed by atoms with Crippen LogP contribution in [0.15, 0.2) is 48.5 Å². The van der Waals surface area contributed by atoms with Gasteiger partial charge in [-0.3, -0.25) is 0 Å². The lowest BCUT2D eigenvalue weighted by atomic mass is 10.0. The Morgan fingerprint density at radius 3 is 2.67 bits per heavy atom. The summed E-state index contributed by atoms with van der Waals surface area (Å²) in [6.07, 6.45) is 0.673. The molecule has 118 valence electrons. The number of carboxylic acid groups (broad SMARTS) is 1. The summed E-state index contributed by atoms with van der Waals surface area (Å²) < 4.78 is 6.41. The van der Waals surface area contributed by atoms with Crippen LogP contribution in [0.4, 0.5) is 0 Å². The Balaban J connectivity index is 1.77. The van der Waals surface area contributed by atoms with E-state index in [0.717, 1.165) is 22.4 Å². The van der Waals surface area contributed by atoms with Crippen LogP contribution in [0.1, 0.15) is 21.5 Å². The molecule has 2 aromatic carbocycles. The molecule has 5 nitrogen and oxygen atoms in total. The first-order valence-electron chi connectivity index (χ1n) is 7.34. The average molecular weight is 336 g/mol. The number of hydrogen-bond donors (Lipinski definition) is 2. The van der Waals surface area contributed by atoms with Gasteiger partial charge in [-0.25, -0.2) is 9.78 Å². The SMILES string of the molecule is O=C(O)c1ccc(-c2nc(=S)c3c([nH]2)Oc2ccccc2C3)cc1. The van der Waals surface area contributed by atoms with Crippen LogP contribution in [0.25, 0.3) is 11.4 Å². The van der Waals surface area contributed by atoms with Gasteiger partial charge in [0.25, 0.3) is 0 Å². The summed E-state index contributed by atoms with van der Waals surface area (Å²) in [7, 11) is 0. The molecule has 0 fully saturated rings. The fourth-order valence-corrected chi connectivity index (χ4v) is 2.93. The Hall–Kier alpha value is -2.99. The molecule has 1 aromatic heterocycles. The first-order valence-corrected chi connectivity index (χ1v) is 7.75. The molecule has 3 aromatic rings. The average Bonchev–Trinajstić information content (AvgIpc) is 2.60. The van der Waals surface area contributed by atoms with Crippen molar-refractivity contribution in [2.24, 2.45) is 0 Å². The van der Waals surface area contributed by atoms with E-state index in [1.54, 1.807) is 12.1 Å². The van der Waals surface area contributed by atoms with Crippen molar-refractivity contribution in [3.05, 3.63) is 69.9 Å². The Kier molecular flexibility index (Phi) is 3.39. The summed E-state index contributed by atoms with van der Waals surface area (Å²) >= 11 is 5.42. The Morgan fingerprint density at radius 1 is 1.17 bits per heavy atom. The number of H-pyrrole nitrogens is 1. The zero-order valence-electron chi connectivity index (χ0n) is 12.4. The largest absolute Gasteiger partial charge is 0.478 e. The van der Waals surface area contributed by atoms with Crippen molar-refractivity contribution in [1.29, 1.82) is 0 Å². The minimum absolute atomic E-state index is 0.223. The maximum absolute atomic E-state index is 11.0. The van der Waals surface area contributed by atoms with Gasteiger partial charge in [0, 0.05) is 12.0 Å². The van der Waals surface area contributed by atoms with Gasteiger partial charge in [0.15, 0.2) is 0 Å². The number of nitrogens with zero attached hydrogens (tertiary/aromatic N) is 1. The minimum atomic E-state index is -0.965. The second-order valence-electron chi connectivity index (χ2n) is 5.47. The molecule has 24 heavy (non-hydrogen) atoms. The quantitative estimate of drug-likeness (QED) is 0.537. The molecule has 0 atom stereocenters. The number of nitrogens with one attached hydrogen (secondary N) is 1. The molecule has 1 aliphatic rings. The highest BCUT2D eigenvalue weighted by molar-refractivity contribution is 7.71. The number of aromatic nitrogens is 2. The van der Waals surface area contributed by atoms with Gasteiger partial charge in [-0.15, -0.1) is 0 Å². The molecule has 2 N–H and O–H groups in total. The molecule has 0 amide bonds. The molecule has 0 unspecified atom stereocenters. The molecule has 0 saturated heterocycles. The van der Waals surface area contributed by atoms with E-state index >= 15 is 0 Å². The van der Waals surface area contributed by atoms with E-state index in [2.05, 4.69) is 9.97 Å². The van der Waals surface area contributed by atoms with Crippen LogP contribution >= 0.6 is 12.2 Å². The highest BCUT2D eigenvalue weighted by Crippen LogP contribution is 2.36. The summed E-state index contributed by atoms with van der Waals surface area (Å²) in [4.78, 5) is 18.6. The number of aromatic amines is 1. The van der Waals surface area contributed by atoms with Crippen LogP contribution in [0, 0.1) is 4.64 Å². The Labute approximate surface area is 142 Å². The number of fused-ring (bicyclic) bond motifs is 2. The number of rotatable bonds is 2. The van der Waals surface area contributed by atoms with Crippen LogP contribution in [0.2, 0.25) is 0 Å². The predicted octanol–water partition coefficient (Wildman–Crippen LogP) is 4.20. The third kappa shape index (κ3) is 2.47. The Bertz CT molecular complexity index is 1010. The van der Waals surface area contributed by atoms with Crippen molar-refractivity contribution in [1.82, 2.24) is 9.97 Å². The molecule has 0 spiro atoms. The minimum Gasteiger partial charge on any atom is -0.478 e. The summed E-state index contributed by atoms with van der Waals surface area (Å²) in [6.45, 7) is 0. The lowest BCUT2D eigenvalue weighted by Gasteiger charge is -2.20. The summed E-state index contributed by atoms with van der Waals surface area (Å²) in [5.74, 6) is 0.975. The van der Waals surface area contributed by atoms with Crippen molar-refractivity contribution < 1.29 is 14.6 Å². The summed E-state index contributed by atoms with van der Waals surface area (Å²) in [6, 6.07) is 14.3. The molecule has 1 aliphatic heterocycles. The molecule has 0 aliphatic carbocycles. The second-order valence-corrected chi connectivity index (χ2v) is 5.85. The molecule has 2 heterocycles. The zero-order chi connectivity index (χ0) is 16.7. The van der Waals surface area contributed by atoms with E-state index in [-0.39, 0.29) is 5.56 Å². The van der Waals surface area contributed by atoms with Gasteiger partial charge in [-0.2, -0.15) is 0 Å². The van der Waals surface area contributed by atoms with Gasteiger partial charge in [-0.05, 0) is 23.8 Å². The third-order valence-corrected chi connectivity index (χ3v) is 4.27. The second kappa shape index (κ2) is 5.58. The highest BCUT2D eigenvalue weighted by Gasteiger charge is 2.20. The normalized spacial score (nSPS) is 12.0. The van der Waals surface area contributed by atoms with Gasteiger partial charge in [0.1, 0.15) is 16.2 Å². The van der Waals surface area contributed by atoms with Crippen LogP contribution in [-0.2, 0) is 6.42 Å². The predicted molar refractivity (Wildman–Crippen MR) is 91.1 cm³/mol. The molecule has 6 heteroatoms. The Morgan fingerprint density at radius 2 is 1.92 bits per heavy atom. The first kappa shape index (κ1) is 14.6. The molecule has 4 rings (SSSR count). The molecular formula is C18H12N2O3S. The van der Waals surface area contributed by atoms with Crippen LogP contribution < -0.4 is 4.74 Å². The first-order chi connectivity index (χ1) is 11.6. The van der Waals surface area contributed by atoms with Crippen molar-refractivity contribution in [2.45, 2.75) is 6.42 Å². The number of ether oxygens (including phenoxy) is 1. The molecule has 0 saturated carbocycles. The van der Waals surface area contributed by atoms with Crippen molar-refractivity contribution >= 4 is 18.2 Å². The topological polar surface area (TPSA) is 75.2 Å². The van der Waals surface area contributed by atoms with Crippen molar-refractivity contribution in [3.8, 4) is 23.0 Å². The van der Waals surface area contributed by atoms with Crippen LogP contribution in [-0.4, -0.2) is 21.0 Å². The maximum atomic E-state index is 11.0. The van der Waals surface area contributed by atoms with E-state index in [1.807, 2.05) is 24.3 Å². The zero-order valence-corrected chi connectivity index (χ0v) is 13.3. The van der Waals surface area contributed by atoms with E-state index in [0.29, 0.717) is 22.8 Å². The van der Waals surface area contributed by atoms with Crippen molar-refractivity contribution in [2.75, 3.05) is 0 Å². The van der Waals surface area contributed by atoms with Gasteiger partial charge in [0.2, 0.25) is 5.88 Å². The fourth-order valence-electron chi connectivity index (χ4n) is 2.68. The van der Waals surface area contributed by atoms with Crippen molar-refractivity contribution in [3.63, 3.8) is 0 Å². The summed E-state index contributed by atoms with van der Waals surface area (Å²) in [5, 5.41) is 8.98. The number of benzene rings is 2. The number of carboxylic acids is 1. The van der Waals surface area contributed by atoms with E-state index in [4.69, 9.17) is 22.1 Å².